The molecule has 0 saturated carbocycles. The van der Waals surface area contributed by atoms with Gasteiger partial charge in [-0.3, -0.25) is 9.59 Å². The molecule has 1 N–H and O–H groups in total. The van der Waals surface area contributed by atoms with Gasteiger partial charge in [-0.2, -0.15) is 0 Å². The number of carbonyl (C=O) groups excluding carboxylic acids is 1. The van der Waals surface area contributed by atoms with E-state index in [1.54, 1.807) is 12.3 Å². The summed E-state index contributed by atoms with van der Waals surface area (Å²) in [5.74, 6) is 0.246. The van der Waals surface area contributed by atoms with Crippen molar-refractivity contribution in [3.8, 4) is 0 Å². The fourth-order valence-electron chi connectivity index (χ4n) is 3.30. The van der Waals surface area contributed by atoms with Crippen molar-refractivity contribution in [3.63, 3.8) is 0 Å². The lowest BCUT2D eigenvalue weighted by atomic mass is 10.1. The lowest BCUT2D eigenvalue weighted by molar-refractivity contribution is -0.129. The summed E-state index contributed by atoms with van der Waals surface area (Å²) in [5, 5.41) is 5.45. The van der Waals surface area contributed by atoms with Crippen LogP contribution < -0.4 is 5.56 Å². The van der Waals surface area contributed by atoms with Crippen LogP contribution in [0.2, 0.25) is 0 Å². The molecule has 1 aliphatic heterocycles. The highest BCUT2D eigenvalue weighted by Crippen LogP contribution is 2.26. The molecule has 1 aliphatic rings. The molecule has 1 fully saturated rings. The van der Waals surface area contributed by atoms with Crippen molar-refractivity contribution in [2.24, 2.45) is 0 Å². The van der Waals surface area contributed by atoms with Gasteiger partial charge in [0.1, 0.15) is 6.26 Å². The number of aromatic amines is 1. The van der Waals surface area contributed by atoms with Crippen LogP contribution in [0.15, 0.2) is 52.0 Å². The minimum absolute atomic E-state index is 0.0203. The van der Waals surface area contributed by atoms with Crippen LogP contribution in [0, 0.1) is 0 Å². The molecule has 2 aromatic heterocycles. The van der Waals surface area contributed by atoms with Gasteiger partial charge in [0.25, 0.3) is 5.56 Å². The van der Waals surface area contributed by atoms with Gasteiger partial charge in [0.2, 0.25) is 5.91 Å². The van der Waals surface area contributed by atoms with Crippen molar-refractivity contribution in [1.82, 2.24) is 15.0 Å². The highest BCUT2D eigenvalue weighted by Gasteiger charge is 2.28. The number of hydrogen-bond donors (Lipinski definition) is 1. The monoisotopic (exact) mass is 323 g/mol. The van der Waals surface area contributed by atoms with E-state index in [0.717, 1.165) is 17.5 Å². The Morgan fingerprint density at radius 2 is 2.21 bits per heavy atom. The van der Waals surface area contributed by atoms with Gasteiger partial charge >= 0.3 is 0 Å². The quantitative estimate of drug-likeness (QED) is 0.800. The molecule has 0 spiro atoms. The number of likely N-dealkylation sites (tertiary alicyclic amines) is 1. The molecule has 1 unspecified atom stereocenters. The molecule has 0 bridgehead atoms. The fourth-order valence-corrected chi connectivity index (χ4v) is 3.30. The van der Waals surface area contributed by atoms with Gasteiger partial charge in [-0.1, -0.05) is 23.4 Å². The number of benzene rings is 1. The number of amides is 1. The first-order chi connectivity index (χ1) is 11.7. The van der Waals surface area contributed by atoms with E-state index in [-0.39, 0.29) is 23.8 Å². The zero-order valence-electron chi connectivity index (χ0n) is 13.1. The maximum atomic E-state index is 12.5. The Morgan fingerprint density at radius 3 is 3.04 bits per heavy atom. The van der Waals surface area contributed by atoms with Gasteiger partial charge in [0, 0.05) is 36.2 Å². The van der Waals surface area contributed by atoms with E-state index in [9.17, 15) is 9.59 Å². The van der Waals surface area contributed by atoms with E-state index >= 15 is 0 Å². The number of fused-ring (bicyclic) bond motifs is 1. The minimum atomic E-state index is -0.155. The molecule has 1 aromatic carbocycles. The van der Waals surface area contributed by atoms with Crippen LogP contribution in [-0.2, 0) is 11.2 Å². The SMILES string of the molecule is O=C(Cc1cc2ccccc2c(=O)[nH]1)N1CCC(c2ccon2)C1. The van der Waals surface area contributed by atoms with Crippen molar-refractivity contribution in [3.05, 3.63) is 64.4 Å². The standard InChI is InChI=1S/C18H17N3O3/c22-17(21-7-5-13(11-21)16-6-8-24-20-16)10-14-9-12-3-1-2-4-15(12)18(23)19-14/h1-4,6,8-9,13H,5,7,10-11H2,(H,19,23). The first kappa shape index (κ1) is 14.7. The van der Waals surface area contributed by atoms with Gasteiger partial charge in [-0.25, -0.2) is 0 Å². The van der Waals surface area contributed by atoms with Gasteiger partial charge < -0.3 is 14.4 Å². The topological polar surface area (TPSA) is 79.2 Å². The highest BCUT2D eigenvalue weighted by atomic mass is 16.5. The molecule has 1 atom stereocenters. The van der Waals surface area contributed by atoms with E-state index < -0.39 is 0 Å². The van der Waals surface area contributed by atoms with Crippen molar-refractivity contribution >= 4 is 16.7 Å². The maximum absolute atomic E-state index is 12.5. The van der Waals surface area contributed by atoms with Gasteiger partial charge in [-0.05, 0) is 23.9 Å². The summed E-state index contributed by atoms with van der Waals surface area (Å²) < 4.78 is 4.88. The summed E-state index contributed by atoms with van der Waals surface area (Å²) >= 11 is 0. The number of H-pyrrole nitrogens is 1. The summed E-state index contributed by atoms with van der Waals surface area (Å²) in [6.45, 7) is 1.34. The Labute approximate surface area is 138 Å². The number of pyridine rings is 1. The predicted molar refractivity (Wildman–Crippen MR) is 88.7 cm³/mol. The van der Waals surface area contributed by atoms with Crippen molar-refractivity contribution in [2.75, 3.05) is 13.1 Å². The van der Waals surface area contributed by atoms with E-state index in [1.165, 1.54) is 0 Å². The third-order valence-electron chi connectivity index (χ3n) is 4.57. The summed E-state index contributed by atoms with van der Waals surface area (Å²) in [4.78, 5) is 29.3. The predicted octanol–water partition coefficient (Wildman–Crippen LogP) is 2.07. The lowest BCUT2D eigenvalue weighted by Crippen LogP contribution is -2.30. The summed E-state index contributed by atoms with van der Waals surface area (Å²) in [5.41, 5.74) is 1.38. The van der Waals surface area contributed by atoms with Crippen molar-refractivity contribution in [1.29, 1.82) is 0 Å². The first-order valence-electron chi connectivity index (χ1n) is 8.00. The second kappa shape index (κ2) is 5.96. The van der Waals surface area contributed by atoms with E-state index in [0.29, 0.717) is 24.2 Å². The number of hydrogen-bond acceptors (Lipinski definition) is 4. The largest absolute Gasteiger partial charge is 0.365 e. The number of rotatable bonds is 3. The fraction of sp³-hybridized carbons (Fsp3) is 0.278. The van der Waals surface area contributed by atoms with Crippen molar-refractivity contribution < 1.29 is 9.32 Å². The number of carbonyl (C=O) groups is 1. The Hall–Kier alpha value is -2.89. The smallest absolute Gasteiger partial charge is 0.256 e. The molecule has 122 valence electrons. The Balaban J connectivity index is 1.49. The van der Waals surface area contributed by atoms with Gasteiger partial charge in [0.05, 0.1) is 12.1 Å². The average molecular weight is 323 g/mol. The third-order valence-corrected chi connectivity index (χ3v) is 4.57. The number of aromatic nitrogens is 2. The number of nitrogens with one attached hydrogen (secondary N) is 1. The first-order valence-corrected chi connectivity index (χ1v) is 8.00. The van der Waals surface area contributed by atoms with Crippen molar-refractivity contribution in [2.45, 2.75) is 18.8 Å². The Kier molecular flexibility index (Phi) is 3.65. The molecule has 1 saturated heterocycles. The van der Waals surface area contributed by atoms with Crippen LogP contribution in [0.5, 0.6) is 0 Å². The molecule has 6 heteroatoms. The summed E-state index contributed by atoms with van der Waals surface area (Å²) in [6, 6.07) is 11.1. The van der Waals surface area contributed by atoms with E-state index in [1.807, 2.05) is 35.2 Å². The van der Waals surface area contributed by atoms with Crippen LogP contribution in [0.25, 0.3) is 10.8 Å². The second-order valence-electron chi connectivity index (χ2n) is 6.14. The average Bonchev–Trinajstić information content (AvgIpc) is 3.26. The second-order valence-corrected chi connectivity index (χ2v) is 6.14. The molecule has 4 rings (SSSR count). The van der Waals surface area contributed by atoms with Crippen LogP contribution in [0.4, 0.5) is 0 Å². The Bertz CT molecular complexity index is 930. The molecule has 0 radical (unpaired) electrons. The summed E-state index contributed by atoms with van der Waals surface area (Å²) in [6.07, 6.45) is 2.64. The highest BCUT2D eigenvalue weighted by molar-refractivity contribution is 5.84. The molecule has 3 heterocycles. The molecular formula is C18H17N3O3. The maximum Gasteiger partial charge on any atom is 0.256 e. The molecule has 3 aromatic rings. The number of nitrogens with zero attached hydrogens (tertiary/aromatic N) is 2. The zero-order chi connectivity index (χ0) is 16.5. The molecule has 1 amide bonds. The lowest BCUT2D eigenvalue weighted by Gasteiger charge is -2.16. The van der Waals surface area contributed by atoms with Crippen LogP contribution in [-0.4, -0.2) is 34.0 Å². The van der Waals surface area contributed by atoms with E-state index in [2.05, 4.69) is 10.1 Å². The van der Waals surface area contributed by atoms with Crippen LogP contribution >= 0.6 is 0 Å². The van der Waals surface area contributed by atoms with Crippen LogP contribution in [0.1, 0.15) is 23.7 Å². The molecule has 0 aliphatic carbocycles. The van der Waals surface area contributed by atoms with Gasteiger partial charge in [-0.15, -0.1) is 0 Å². The van der Waals surface area contributed by atoms with E-state index in [4.69, 9.17) is 4.52 Å². The molecule has 6 nitrogen and oxygen atoms in total. The molecular weight excluding hydrogens is 306 g/mol. The van der Waals surface area contributed by atoms with Gasteiger partial charge in [0.15, 0.2) is 0 Å². The molecule has 24 heavy (non-hydrogen) atoms. The summed E-state index contributed by atoms with van der Waals surface area (Å²) in [7, 11) is 0. The Morgan fingerprint density at radius 1 is 1.33 bits per heavy atom. The van der Waals surface area contributed by atoms with Crippen LogP contribution in [0.3, 0.4) is 0 Å². The minimum Gasteiger partial charge on any atom is -0.365 e. The normalized spacial score (nSPS) is 17.5. The third kappa shape index (κ3) is 2.71. The zero-order valence-corrected chi connectivity index (χ0v) is 13.1.